The summed E-state index contributed by atoms with van der Waals surface area (Å²) in [5.41, 5.74) is 3.14. The second kappa shape index (κ2) is 6.31. The molecule has 130 valence electrons. The van der Waals surface area contributed by atoms with Gasteiger partial charge in [-0.1, -0.05) is 41.4 Å². The third-order valence-electron chi connectivity index (χ3n) is 4.69. The monoisotopic (exact) mass is 400 g/mol. The van der Waals surface area contributed by atoms with Crippen molar-refractivity contribution >= 4 is 40.3 Å². The summed E-state index contributed by atoms with van der Waals surface area (Å²) in [7, 11) is 0. The van der Waals surface area contributed by atoms with Crippen molar-refractivity contribution in [2.45, 2.75) is 18.7 Å². The minimum atomic E-state index is -0.315. The van der Waals surface area contributed by atoms with Crippen molar-refractivity contribution in [3.05, 3.63) is 86.0 Å². The van der Waals surface area contributed by atoms with E-state index < -0.39 is 0 Å². The van der Waals surface area contributed by atoms with Gasteiger partial charge in [-0.05, 0) is 41.8 Å². The predicted molar refractivity (Wildman–Crippen MR) is 106 cm³/mol. The maximum atomic E-state index is 6.31. The number of benzene rings is 2. The Kier molecular flexibility index (Phi) is 3.92. The van der Waals surface area contributed by atoms with Crippen LogP contribution in [0.1, 0.15) is 34.7 Å². The van der Waals surface area contributed by atoms with Gasteiger partial charge in [0.15, 0.2) is 0 Å². The average Bonchev–Trinajstić information content (AvgIpc) is 3.31. The van der Waals surface area contributed by atoms with Gasteiger partial charge >= 0.3 is 0 Å². The third kappa shape index (κ3) is 2.69. The summed E-state index contributed by atoms with van der Waals surface area (Å²) >= 11 is 14.2. The third-order valence-corrected chi connectivity index (χ3v) is 6.08. The van der Waals surface area contributed by atoms with Gasteiger partial charge in [0.2, 0.25) is 6.23 Å². The zero-order chi connectivity index (χ0) is 17.7. The Morgan fingerprint density at radius 1 is 1.04 bits per heavy atom. The van der Waals surface area contributed by atoms with Crippen molar-refractivity contribution < 1.29 is 4.74 Å². The SMILES string of the molecule is Clc1cccc([C@H]2Oc3ccc(Cl)cc3[C@H]3CC(c4cccs4)=NN32)c1. The summed E-state index contributed by atoms with van der Waals surface area (Å²) in [4.78, 5) is 1.19. The normalized spacial score (nSPS) is 21.0. The van der Waals surface area contributed by atoms with Crippen LogP contribution in [-0.4, -0.2) is 10.7 Å². The number of thiophene rings is 1. The number of halogens is 2. The standard InChI is InChI=1S/C20H14Cl2N2OS/c21-13-4-1-3-12(9-13)20-24-17(11-16(23-24)19-5-2-8-26-19)15-10-14(22)6-7-18(15)25-20/h1-10,17,20H,11H2/t17-,20-/m1/s1. The lowest BCUT2D eigenvalue weighted by atomic mass is 9.97. The van der Waals surface area contributed by atoms with Gasteiger partial charge in [-0.3, -0.25) is 0 Å². The minimum Gasteiger partial charge on any atom is -0.464 e. The summed E-state index contributed by atoms with van der Waals surface area (Å²) in [6.07, 6.45) is 0.513. The molecule has 0 radical (unpaired) electrons. The molecule has 0 bridgehead atoms. The van der Waals surface area contributed by atoms with Crippen molar-refractivity contribution in [3.8, 4) is 5.75 Å². The highest BCUT2D eigenvalue weighted by Crippen LogP contribution is 2.48. The molecular formula is C20H14Cl2N2OS. The first kappa shape index (κ1) is 16.2. The highest BCUT2D eigenvalue weighted by molar-refractivity contribution is 7.12. The molecule has 2 aromatic carbocycles. The van der Waals surface area contributed by atoms with Gasteiger partial charge in [-0.2, -0.15) is 5.10 Å². The summed E-state index contributed by atoms with van der Waals surface area (Å²) in [6, 6.07) is 17.8. The Bertz CT molecular complexity index is 1000. The molecule has 5 rings (SSSR count). The second-order valence-corrected chi connectivity index (χ2v) is 8.15. The first-order valence-electron chi connectivity index (χ1n) is 8.30. The molecule has 26 heavy (non-hydrogen) atoms. The molecule has 1 aromatic heterocycles. The van der Waals surface area contributed by atoms with Gasteiger partial charge in [0, 0.05) is 27.6 Å². The van der Waals surface area contributed by atoms with Gasteiger partial charge < -0.3 is 4.74 Å². The fourth-order valence-corrected chi connectivity index (χ4v) is 4.63. The lowest BCUT2D eigenvalue weighted by molar-refractivity contribution is -0.0190. The number of hydrogen-bond donors (Lipinski definition) is 0. The van der Waals surface area contributed by atoms with Crippen molar-refractivity contribution in [1.29, 1.82) is 0 Å². The first-order chi connectivity index (χ1) is 12.7. The zero-order valence-corrected chi connectivity index (χ0v) is 15.9. The number of fused-ring (bicyclic) bond motifs is 3. The molecule has 0 aliphatic carbocycles. The van der Waals surface area contributed by atoms with Crippen LogP contribution in [-0.2, 0) is 0 Å². The summed E-state index contributed by atoms with van der Waals surface area (Å²) < 4.78 is 6.31. The van der Waals surface area contributed by atoms with Crippen LogP contribution in [0.3, 0.4) is 0 Å². The van der Waals surface area contributed by atoms with Crippen molar-refractivity contribution in [1.82, 2.24) is 5.01 Å². The Hall–Kier alpha value is -2.01. The summed E-state index contributed by atoms with van der Waals surface area (Å²) in [6.45, 7) is 0. The van der Waals surface area contributed by atoms with E-state index in [9.17, 15) is 0 Å². The van der Waals surface area contributed by atoms with Crippen LogP contribution in [0, 0.1) is 0 Å². The van der Waals surface area contributed by atoms with E-state index >= 15 is 0 Å². The van der Waals surface area contributed by atoms with Crippen molar-refractivity contribution in [3.63, 3.8) is 0 Å². The molecule has 0 unspecified atom stereocenters. The molecule has 0 saturated heterocycles. The Morgan fingerprint density at radius 2 is 1.92 bits per heavy atom. The molecule has 2 aliphatic rings. The molecule has 0 N–H and O–H groups in total. The first-order valence-corrected chi connectivity index (χ1v) is 9.94. The van der Waals surface area contributed by atoms with Gasteiger partial charge in [0.05, 0.1) is 16.6 Å². The highest BCUT2D eigenvalue weighted by atomic mass is 35.5. The lowest BCUT2D eigenvalue weighted by Crippen LogP contribution is -2.33. The van der Waals surface area contributed by atoms with Crippen LogP contribution in [0.25, 0.3) is 0 Å². The molecule has 3 aromatic rings. The lowest BCUT2D eigenvalue weighted by Gasteiger charge is -2.38. The van der Waals surface area contributed by atoms with Crippen LogP contribution >= 0.6 is 34.5 Å². The Morgan fingerprint density at radius 3 is 2.73 bits per heavy atom. The van der Waals surface area contributed by atoms with E-state index in [1.807, 2.05) is 47.5 Å². The van der Waals surface area contributed by atoms with E-state index in [0.717, 1.165) is 29.0 Å². The second-order valence-electron chi connectivity index (χ2n) is 6.33. The molecular weight excluding hydrogens is 387 g/mol. The van der Waals surface area contributed by atoms with E-state index in [-0.39, 0.29) is 12.3 Å². The molecule has 0 saturated carbocycles. The molecule has 6 heteroatoms. The van der Waals surface area contributed by atoms with Gasteiger partial charge in [0.1, 0.15) is 5.75 Å². The Labute approximate surface area is 165 Å². The van der Waals surface area contributed by atoms with Crippen LogP contribution in [0.15, 0.2) is 65.1 Å². The van der Waals surface area contributed by atoms with Crippen LogP contribution in [0.5, 0.6) is 5.75 Å². The largest absolute Gasteiger partial charge is 0.464 e. The molecule has 0 spiro atoms. The van der Waals surface area contributed by atoms with Gasteiger partial charge in [-0.15, -0.1) is 11.3 Å². The minimum absolute atomic E-state index is 0.0959. The topological polar surface area (TPSA) is 24.8 Å². The van der Waals surface area contributed by atoms with Crippen LogP contribution in [0.2, 0.25) is 10.0 Å². The number of hydrogen-bond acceptors (Lipinski definition) is 4. The number of hydrazone groups is 1. The number of ether oxygens (including phenoxy) is 1. The van der Waals surface area contributed by atoms with E-state index in [2.05, 4.69) is 17.5 Å². The maximum absolute atomic E-state index is 6.31. The maximum Gasteiger partial charge on any atom is 0.213 e. The molecule has 0 amide bonds. The average molecular weight is 401 g/mol. The number of nitrogens with zero attached hydrogens (tertiary/aromatic N) is 2. The van der Waals surface area contributed by atoms with Crippen molar-refractivity contribution in [2.75, 3.05) is 0 Å². The molecule has 3 nitrogen and oxygen atoms in total. The summed E-state index contributed by atoms with van der Waals surface area (Å²) in [5.74, 6) is 0.850. The highest BCUT2D eigenvalue weighted by Gasteiger charge is 2.41. The fraction of sp³-hybridized carbons (Fsp3) is 0.150. The zero-order valence-electron chi connectivity index (χ0n) is 13.6. The van der Waals surface area contributed by atoms with Crippen molar-refractivity contribution in [2.24, 2.45) is 5.10 Å². The molecule has 0 fully saturated rings. The molecule has 3 heterocycles. The molecule has 2 aliphatic heterocycles. The predicted octanol–water partition coefficient (Wildman–Crippen LogP) is 6.30. The smallest absolute Gasteiger partial charge is 0.213 e. The van der Waals surface area contributed by atoms with Gasteiger partial charge in [0.25, 0.3) is 0 Å². The van der Waals surface area contributed by atoms with E-state index in [4.69, 9.17) is 33.0 Å². The van der Waals surface area contributed by atoms with Gasteiger partial charge in [-0.25, -0.2) is 5.01 Å². The quantitative estimate of drug-likeness (QED) is 0.504. The summed E-state index contributed by atoms with van der Waals surface area (Å²) in [5, 5.41) is 10.4. The van der Waals surface area contributed by atoms with E-state index in [0.29, 0.717) is 10.0 Å². The number of rotatable bonds is 2. The fourth-order valence-electron chi connectivity index (χ4n) is 3.53. The van der Waals surface area contributed by atoms with Crippen LogP contribution < -0.4 is 4.74 Å². The van der Waals surface area contributed by atoms with E-state index in [1.165, 1.54) is 4.88 Å². The van der Waals surface area contributed by atoms with E-state index in [1.54, 1.807) is 11.3 Å². The van der Waals surface area contributed by atoms with Crippen LogP contribution in [0.4, 0.5) is 0 Å². The Balaban J connectivity index is 1.63. The molecule has 2 atom stereocenters.